The number of benzene rings is 1. The molecule has 1 heterocycles. The number of Topliss-reactive ketones (excluding diaryl/α,β-unsaturated/α-hetero) is 1. The monoisotopic (exact) mass is 230 g/mol. The van der Waals surface area contributed by atoms with Gasteiger partial charge in [0.05, 0.1) is 0 Å². The number of carbonyl (C=O) groups is 1. The molecule has 2 atom stereocenters. The Hall–Kier alpha value is -1.41. The van der Waals surface area contributed by atoms with Gasteiger partial charge in [0.15, 0.2) is 5.78 Å². The topological polar surface area (TPSA) is 29.6 Å². The number of hydrogen-bond donors (Lipinski definition) is 0. The van der Waals surface area contributed by atoms with Crippen molar-refractivity contribution in [3.8, 4) is 0 Å². The van der Waals surface area contributed by atoms with Crippen LogP contribution in [-0.4, -0.2) is 18.0 Å². The van der Waals surface area contributed by atoms with Gasteiger partial charge < -0.3 is 4.74 Å². The van der Waals surface area contributed by atoms with Crippen LogP contribution in [0.25, 0.3) is 6.08 Å². The van der Waals surface area contributed by atoms with Crippen LogP contribution < -0.4 is 0 Å². The van der Waals surface area contributed by atoms with Gasteiger partial charge in [-0.2, -0.15) is 0 Å². The van der Waals surface area contributed by atoms with Gasteiger partial charge in [-0.25, -0.2) is 0 Å². The highest BCUT2D eigenvalue weighted by Gasteiger charge is 2.46. The Morgan fingerprint density at radius 3 is 2.47 bits per heavy atom. The molecule has 1 aliphatic rings. The molecule has 2 nitrogen and oxygen atoms in total. The molecule has 0 unspecified atom stereocenters. The molecule has 0 amide bonds. The fourth-order valence-electron chi connectivity index (χ4n) is 1.68. The van der Waals surface area contributed by atoms with Gasteiger partial charge in [0.2, 0.25) is 0 Å². The van der Waals surface area contributed by atoms with E-state index in [2.05, 4.69) is 0 Å². The molecular weight excluding hydrogens is 212 g/mol. The lowest BCUT2D eigenvalue weighted by Gasteiger charge is -2.14. The highest BCUT2D eigenvalue weighted by molar-refractivity contribution is 5.90. The second kappa shape index (κ2) is 4.46. The lowest BCUT2D eigenvalue weighted by atomic mass is 9.88. The van der Waals surface area contributed by atoms with Gasteiger partial charge in [0.1, 0.15) is 12.2 Å². The highest BCUT2D eigenvalue weighted by Crippen LogP contribution is 2.31. The predicted molar refractivity (Wildman–Crippen MR) is 68.6 cm³/mol. The Balaban J connectivity index is 1.93. The van der Waals surface area contributed by atoms with E-state index in [1.54, 1.807) is 0 Å². The average Bonchev–Trinajstić information content (AvgIpc) is 3.05. The van der Waals surface area contributed by atoms with E-state index in [1.165, 1.54) is 0 Å². The SMILES string of the molecule is CC(C)(C)C(=O)[C@H]1O[C@H]1/C=C/c1ccccc1. The first-order valence-corrected chi connectivity index (χ1v) is 5.91. The number of carbonyl (C=O) groups excluding carboxylic acids is 1. The van der Waals surface area contributed by atoms with Gasteiger partial charge in [-0.15, -0.1) is 0 Å². The van der Waals surface area contributed by atoms with Gasteiger partial charge in [-0.3, -0.25) is 4.79 Å². The summed E-state index contributed by atoms with van der Waals surface area (Å²) in [6.45, 7) is 5.78. The zero-order valence-corrected chi connectivity index (χ0v) is 10.5. The summed E-state index contributed by atoms with van der Waals surface area (Å²) in [6.07, 6.45) is 3.68. The molecule has 1 saturated heterocycles. The molecule has 17 heavy (non-hydrogen) atoms. The zero-order valence-electron chi connectivity index (χ0n) is 10.5. The second-order valence-corrected chi connectivity index (χ2v) is 5.41. The normalized spacial score (nSPS) is 23.9. The van der Waals surface area contributed by atoms with Crippen LogP contribution in [0, 0.1) is 5.41 Å². The first-order valence-electron chi connectivity index (χ1n) is 5.91. The van der Waals surface area contributed by atoms with Crippen molar-refractivity contribution in [3.05, 3.63) is 42.0 Å². The zero-order chi connectivity index (χ0) is 12.5. The summed E-state index contributed by atoms with van der Waals surface area (Å²) in [4.78, 5) is 11.9. The van der Waals surface area contributed by atoms with Crippen LogP contribution in [0.4, 0.5) is 0 Å². The third-order valence-electron chi connectivity index (χ3n) is 2.80. The van der Waals surface area contributed by atoms with E-state index in [-0.39, 0.29) is 23.4 Å². The van der Waals surface area contributed by atoms with Gasteiger partial charge >= 0.3 is 0 Å². The van der Waals surface area contributed by atoms with E-state index >= 15 is 0 Å². The lowest BCUT2D eigenvalue weighted by Crippen LogP contribution is -2.26. The largest absolute Gasteiger partial charge is 0.357 e. The van der Waals surface area contributed by atoms with Crippen molar-refractivity contribution < 1.29 is 9.53 Å². The van der Waals surface area contributed by atoms with E-state index in [4.69, 9.17) is 4.74 Å². The summed E-state index contributed by atoms with van der Waals surface area (Å²) < 4.78 is 5.39. The first kappa shape index (κ1) is 12.1. The third-order valence-corrected chi connectivity index (χ3v) is 2.80. The highest BCUT2D eigenvalue weighted by atomic mass is 16.6. The molecule has 1 aliphatic heterocycles. The van der Waals surface area contributed by atoms with Crippen LogP contribution in [0.2, 0.25) is 0 Å². The first-order chi connectivity index (χ1) is 7.98. The Labute approximate surface area is 102 Å². The summed E-state index contributed by atoms with van der Waals surface area (Å²) in [7, 11) is 0. The summed E-state index contributed by atoms with van der Waals surface area (Å²) in [5, 5.41) is 0. The summed E-state index contributed by atoms with van der Waals surface area (Å²) in [5.41, 5.74) is 0.810. The molecule has 90 valence electrons. The molecule has 0 radical (unpaired) electrons. The minimum Gasteiger partial charge on any atom is -0.357 e. The summed E-state index contributed by atoms with van der Waals surface area (Å²) in [5.74, 6) is 0.181. The fraction of sp³-hybridized carbons (Fsp3) is 0.400. The van der Waals surface area contributed by atoms with Crippen molar-refractivity contribution >= 4 is 11.9 Å². The van der Waals surface area contributed by atoms with E-state index in [9.17, 15) is 4.79 Å². The van der Waals surface area contributed by atoms with Gasteiger partial charge in [0, 0.05) is 5.41 Å². The van der Waals surface area contributed by atoms with Crippen LogP contribution in [0.3, 0.4) is 0 Å². The van der Waals surface area contributed by atoms with Gasteiger partial charge in [0.25, 0.3) is 0 Å². The Bertz CT molecular complexity index is 426. The van der Waals surface area contributed by atoms with Crippen molar-refractivity contribution in [3.63, 3.8) is 0 Å². The standard InChI is InChI=1S/C15H18O2/c1-15(2,3)14(16)13-12(17-13)10-9-11-7-5-4-6-8-11/h4-10,12-13H,1-3H3/b10-9+/t12-,13-/m0/s1. The minimum atomic E-state index is -0.319. The molecule has 0 saturated carbocycles. The Morgan fingerprint density at radius 1 is 1.24 bits per heavy atom. The van der Waals surface area contributed by atoms with Crippen LogP contribution >= 0.6 is 0 Å². The quantitative estimate of drug-likeness (QED) is 0.747. The van der Waals surface area contributed by atoms with Crippen molar-refractivity contribution in [1.29, 1.82) is 0 Å². The van der Waals surface area contributed by atoms with Crippen molar-refractivity contribution in [1.82, 2.24) is 0 Å². The van der Waals surface area contributed by atoms with E-state index in [1.807, 2.05) is 63.3 Å². The summed E-state index contributed by atoms with van der Waals surface area (Å²) in [6, 6.07) is 10.0. The van der Waals surface area contributed by atoms with Gasteiger partial charge in [-0.05, 0) is 5.56 Å². The average molecular weight is 230 g/mol. The van der Waals surface area contributed by atoms with E-state index in [0.717, 1.165) is 5.56 Å². The maximum absolute atomic E-state index is 11.9. The maximum Gasteiger partial charge on any atom is 0.169 e. The molecule has 1 fully saturated rings. The fourth-order valence-corrected chi connectivity index (χ4v) is 1.68. The number of ketones is 1. The van der Waals surface area contributed by atoms with Gasteiger partial charge in [-0.1, -0.05) is 63.3 Å². The third kappa shape index (κ3) is 3.04. The summed E-state index contributed by atoms with van der Waals surface area (Å²) >= 11 is 0. The number of hydrogen-bond acceptors (Lipinski definition) is 2. The Morgan fingerprint density at radius 2 is 1.88 bits per heavy atom. The maximum atomic E-state index is 11.9. The molecule has 1 aromatic rings. The molecule has 1 aromatic carbocycles. The molecule has 2 heteroatoms. The second-order valence-electron chi connectivity index (χ2n) is 5.41. The molecule has 0 N–H and O–H groups in total. The molecular formula is C15H18O2. The van der Waals surface area contributed by atoms with Crippen molar-refractivity contribution in [2.75, 3.05) is 0 Å². The minimum absolute atomic E-state index is 0.0399. The Kier molecular flexibility index (Phi) is 3.16. The van der Waals surface area contributed by atoms with E-state index in [0.29, 0.717) is 0 Å². The molecule has 2 rings (SSSR count). The molecule has 0 aliphatic carbocycles. The van der Waals surface area contributed by atoms with Crippen molar-refractivity contribution in [2.24, 2.45) is 5.41 Å². The number of ether oxygens (including phenoxy) is 1. The number of rotatable bonds is 3. The molecule has 0 spiro atoms. The smallest absolute Gasteiger partial charge is 0.169 e. The molecule has 0 bridgehead atoms. The van der Waals surface area contributed by atoms with Crippen LogP contribution in [0.1, 0.15) is 26.3 Å². The predicted octanol–water partition coefficient (Wildman–Crippen LogP) is 3.08. The van der Waals surface area contributed by atoms with Crippen LogP contribution in [0.5, 0.6) is 0 Å². The van der Waals surface area contributed by atoms with Crippen LogP contribution in [-0.2, 0) is 9.53 Å². The van der Waals surface area contributed by atoms with Crippen LogP contribution in [0.15, 0.2) is 36.4 Å². The van der Waals surface area contributed by atoms with E-state index < -0.39 is 0 Å². The number of epoxide rings is 1. The molecule has 0 aromatic heterocycles. The lowest BCUT2D eigenvalue weighted by molar-refractivity contribution is -0.127. The van der Waals surface area contributed by atoms with Crippen molar-refractivity contribution in [2.45, 2.75) is 33.0 Å².